The Morgan fingerprint density at radius 1 is 1.00 bits per heavy atom. The fourth-order valence-corrected chi connectivity index (χ4v) is 9.42. The van der Waals surface area contributed by atoms with Gasteiger partial charge in [0.05, 0.1) is 5.60 Å². The number of aliphatic hydroxyl groups is 1. The molecule has 1 N–H and O–H groups in total. The van der Waals surface area contributed by atoms with Crippen LogP contribution in [0.25, 0.3) is 11.0 Å². The number of benzene rings is 1. The van der Waals surface area contributed by atoms with E-state index in [-0.39, 0.29) is 40.3 Å². The first kappa shape index (κ1) is 26.1. The number of hydrogen-bond acceptors (Lipinski definition) is 5. The van der Waals surface area contributed by atoms with E-state index in [4.69, 9.17) is 0 Å². The predicted octanol–water partition coefficient (Wildman–Crippen LogP) is 6.31. The first-order valence-electron chi connectivity index (χ1n) is 14.1. The van der Waals surface area contributed by atoms with Crippen molar-refractivity contribution in [1.29, 1.82) is 0 Å². The van der Waals surface area contributed by atoms with E-state index in [0.717, 1.165) is 44.9 Å². The molecule has 1 aromatic heterocycles. The van der Waals surface area contributed by atoms with Crippen molar-refractivity contribution in [3.8, 4) is 5.75 Å². The fraction of sp³-hybridized carbons (Fsp3) is 0.759. The number of halogens is 3. The van der Waals surface area contributed by atoms with Crippen molar-refractivity contribution >= 4 is 16.8 Å². The van der Waals surface area contributed by atoms with Crippen molar-refractivity contribution < 1.29 is 27.8 Å². The van der Waals surface area contributed by atoms with E-state index in [9.17, 15) is 23.1 Å². The normalized spacial score (nSPS) is 40.9. The van der Waals surface area contributed by atoms with Gasteiger partial charge in [-0.1, -0.05) is 13.8 Å². The maximum Gasteiger partial charge on any atom is 0.573 e. The SMILES string of the molecule is C[C@@]1(O)CC[C@@]2(C)[C@@H](CC[C@@H]3[C@@H]2CC[C@]2(C)[C@@H](C(=O)Cn4nc5ccc(OC(F)(F)F)cc5n4)CC[C@@H]32)C1. The van der Waals surface area contributed by atoms with Crippen molar-refractivity contribution in [2.24, 2.45) is 40.4 Å². The number of Topliss-reactive ketones (excluding diaryl/α,β-unsaturated/α-hetero) is 1. The molecule has 2 aromatic rings. The van der Waals surface area contributed by atoms with Crippen LogP contribution in [0.15, 0.2) is 18.2 Å². The third-order valence-corrected chi connectivity index (χ3v) is 11.3. The molecule has 0 saturated heterocycles. The minimum Gasteiger partial charge on any atom is -0.406 e. The standard InChI is InChI=1S/C29H38F3N3O3/c1-26(37)12-13-27(2)17(15-26)4-6-19-20-7-8-22(28(20,3)11-10-21(19)27)25(36)16-35-33-23-9-5-18(14-24(23)34-35)38-29(30,31)32/h5,9,14,17,19-22,37H,4,6-8,10-13,15-16H2,1-3H3/t17-,19-,20-,21-,22+,26+,27-,28-/m0/s1. The molecule has 9 heteroatoms. The Bertz CT molecular complexity index is 1240. The second-order valence-electron chi connectivity index (χ2n) is 13.4. The van der Waals surface area contributed by atoms with Crippen LogP contribution in [0, 0.1) is 40.4 Å². The van der Waals surface area contributed by atoms with Crippen LogP contribution in [0.5, 0.6) is 5.75 Å². The molecule has 38 heavy (non-hydrogen) atoms. The molecule has 6 rings (SSSR count). The van der Waals surface area contributed by atoms with Gasteiger partial charge in [0.1, 0.15) is 23.3 Å². The van der Waals surface area contributed by atoms with Gasteiger partial charge in [0.15, 0.2) is 5.78 Å². The molecule has 0 aliphatic heterocycles. The van der Waals surface area contributed by atoms with Crippen LogP contribution >= 0.6 is 0 Å². The summed E-state index contributed by atoms with van der Waals surface area (Å²) in [5, 5.41) is 19.4. The number of rotatable bonds is 4. The number of aromatic nitrogens is 3. The van der Waals surface area contributed by atoms with E-state index in [0.29, 0.717) is 29.2 Å². The summed E-state index contributed by atoms with van der Waals surface area (Å²) in [4.78, 5) is 15.0. The number of alkyl halides is 3. The van der Waals surface area contributed by atoms with Crippen molar-refractivity contribution in [2.75, 3.05) is 0 Å². The van der Waals surface area contributed by atoms with Crippen LogP contribution in [-0.4, -0.2) is 37.8 Å². The lowest BCUT2D eigenvalue weighted by Gasteiger charge is -2.61. The monoisotopic (exact) mass is 533 g/mol. The summed E-state index contributed by atoms with van der Waals surface area (Å²) in [5.74, 6) is 2.12. The van der Waals surface area contributed by atoms with Gasteiger partial charge >= 0.3 is 6.36 Å². The molecule has 0 amide bonds. The van der Waals surface area contributed by atoms with Gasteiger partial charge in [0.25, 0.3) is 0 Å². The number of ether oxygens (including phenoxy) is 1. The molecule has 1 aromatic carbocycles. The lowest BCUT2D eigenvalue weighted by Crippen LogP contribution is -2.55. The van der Waals surface area contributed by atoms with E-state index >= 15 is 0 Å². The van der Waals surface area contributed by atoms with Gasteiger partial charge in [-0.3, -0.25) is 4.79 Å². The van der Waals surface area contributed by atoms with E-state index in [2.05, 4.69) is 28.8 Å². The van der Waals surface area contributed by atoms with E-state index in [1.165, 1.54) is 35.8 Å². The summed E-state index contributed by atoms with van der Waals surface area (Å²) >= 11 is 0. The van der Waals surface area contributed by atoms with E-state index in [1.54, 1.807) is 0 Å². The quantitative estimate of drug-likeness (QED) is 0.499. The van der Waals surface area contributed by atoms with Gasteiger partial charge in [0, 0.05) is 12.0 Å². The zero-order valence-corrected chi connectivity index (χ0v) is 22.4. The second kappa shape index (κ2) is 8.67. The molecule has 0 spiro atoms. The maximum atomic E-state index is 13.6. The summed E-state index contributed by atoms with van der Waals surface area (Å²) in [6.45, 7) is 6.82. The number of hydrogen-bond donors (Lipinski definition) is 1. The smallest absolute Gasteiger partial charge is 0.406 e. The van der Waals surface area contributed by atoms with Gasteiger partial charge in [-0.05, 0) is 111 Å². The van der Waals surface area contributed by atoms with Crippen LogP contribution in [0.4, 0.5) is 13.2 Å². The Labute approximate surface area is 221 Å². The Morgan fingerprint density at radius 2 is 1.74 bits per heavy atom. The number of nitrogens with zero attached hydrogens (tertiary/aromatic N) is 3. The fourth-order valence-electron chi connectivity index (χ4n) is 9.42. The largest absolute Gasteiger partial charge is 0.573 e. The first-order chi connectivity index (χ1) is 17.8. The number of fused-ring (bicyclic) bond motifs is 6. The lowest BCUT2D eigenvalue weighted by atomic mass is 9.44. The molecule has 4 saturated carbocycles. The minimum atomic E-state index is -4.78. The summed E-state index contributed by atoms with van der Waals surface area (Å²) in [7, 11) is 0. The van der Waals surface area contributed by atoms with Gasteiger partial charge in [-0.25, -0.2) is 0 Å². The third-order valence-electron chi connectivity index (χ3n) is 11.3. The number of ketones is 1. The van der Waals surface area contributed by atoms with Crippen LogP contribution < -0.4 is 4.74 Å². The zero-order valence-electron chi connectivity index (χ0n) is 22.4. The molecule has 0 bridgehead atoms. The van der Waals surface area contributed by atoms with Gasteiger partial charge < -0.3 is 9.84 Å². The van der Waals surface area contributed by atoms with Gasteiger partial charge in [-0.2, -0.15) is 15.0 Å². The van der Waals surface area contributed by atoms with Crippen LogP contribution in [0.1, 0.15) is 78.6 Å². The van der Waals surface area contributed by atoms with Crippen molar-refractivity contribution in [2.45, 2.75) is 97.1 Å². The summed E-state index contributed by atoms with van der Waals surface area (Å²) in [6.07, 6.45) is 4.59. The highest BCUT2D eigenvalue weighted by Crippen LogP contribution is 2.68. The highest BCUT2D eigenvalue weighted by molar-refractivity contribution is 5.82. The van der Waals surface area contributed by atoms with Gasteiger partial charge in [-0.15, -0.1) is 13.2 Å². The number of carbonyl (C=O) groups is 1. The van der Waals surface area contributed by atoms with Crippen molar-refractivity contribution in [3.05, 3.63) is 18.2 Å². The molecular formula is C29H38F3N3O3. The van der Waals surface area contributed by atoms with E-state index < -0.39 is 12.0 Å². The molecule has 0 radical (unpaired) electrons. The minimum absolute atomic E-state index is 0.0279. The Kier molecular flexibility index (Phi) is 5.95. The topological polar surface area (TPSA) is 77.2 Å². The first-order valence-corrected chi connectivity index (χ1v) is 14.1. The lowest BCUT2D eigenvalue weighted by molar-refractivity contribution is -0.274. The zero-order chi connectivity index (χ0) is 27.1. The molecule has 6 nitrogen and oxygen atoms in total. The third kappa shape index (κ3) is 4.33. The number of carbonyl (C=O) groups excluding carboxylic acids is 1. The van der Waals surface area contributed by atoms with Crippen molar-refractivity contribution in [1.82, 2.24) is 15.0 Å². The Balaban J connectivity index is 1.17. The van der Waals surface area contributed by atoms with Crippen LogP contribution in [0.3, 0.4) is 0 Å². The molecule has 0 unspecified atom stereocenters. The highest BCUT2D eigenvalue weighted by atomic mass is 19.4. The molecule has 4 aliphatic carbocycles. The average molecular weight is 534 g/mol. The molecule has 208 valence electrons. The van der Waals surface area contributed by atoms with E-state index in [1.807, 2.05) is 6.92 Å². The molecule has 1 heterocycles. The second-order valence-corrected chi connectivity index (χ2v) is 13.4. The van der Waals surface area contributed by atoms with Crippen molar-refractivity contribution in [3.63, 3.8) is 0 Å². The molecular weight excluding hydrogens is 495 g/mol. The maximum absolute atomic E-state index is 13.6. The summed E-state index contributed by atoms with van der Waals surface area (Å²) < 4.78 is 41.7. The predicted molar refractivity (Wildman–Crippen MR) is 135 cm³/mol. The van der Waals surface area contributed by atoms with Crippen LogP contribution in [0.2, 0.25) is 0 Å². The van der Waals surface area contributed by atoms with Crippen LogP contribution in [-0.2, 0) is 11.3 Å². The molecule has 8 atom stereocenters. The van der Waals surface area contributed by atoms with Gasteiger partial charge in [0.2, 0.25) is 0 Å². The Hall–Kier alpha value is -2.16. The summed E-state index contributed by atoms with van der Waals surface area (Å²) in [6, 6.07) is 3.84. The highest BCUT2D eigenvalue weighted by Gasteiger charge is 2.61. The average Bonchev–Trinajstić information content (AvgIpc) is 3.37. The molecule has 4 fully saturated rings. The summed E-state index contributed by atoms with van der Waals surface area (Å²) in [5.41, 5.74) is 0.403. The molecule has 4 aliphatic rings. The Morgan fingerprint density at radius 3 is 2.50 bits per heavy atom.